The molecule has 0 bridgehead atoms. The van der Waals surface area contributed by atoms with Gasteiger partial charge in [0.05, 0.1) is 30.3 Å². The fourth-order valence-corrected chi connectivity index (χ4v) is 5.01. The standard InChI is InChI=1S/C32H35FN6O4/c1-20-18-39(37-36-20)27-8-9-28(42-5)29(33)26(27)17-35-30(40)24-14-22(15-34-16-24)12-21-6-7-23-10-11-38(19-25(23)13-21)31(41)43-32(2,3)4/h6-9,13-16,18H,10-12,17,19H2,1-5H3,(H,35,40). The van der Waals surface area contributed by atoms with Crippen molar-refractivity contribution in [1.82, 2.24) is 30.2 Å². The van der Waals surface area contributed by atoms with Crippen LogP contribution < -0.4 is 10.1 Å². The molecule has 0 radical (unpaired) electrons. The first kappa shape index (κ1) is 29.7. The number of aromatic nitrogens is 4. The average molecular weight is 587 g/mol. The van der Waals surface area contributed by atoms with Gasteiger partial charge in [0.1, 0.15) is 5.60 Å². The highest BCUT2D eigenvalue weighted by Gasteiger charge is 2.26. The van der Waals surface area contributed by atoms with Gasteiger partial charge < -0.3 is 19.7 Å². The Hall–Kier alpha value is -4.80. The molecule has 1 aliphatic heterocycles. The Labute approximate surface area is 249 Å². The van der Waals surface area contributed by atoms with E-state index in [1.54, 1.807) is 36.4 Å². The van der Waals surface area contributed by atoms with Crippen LogP contribution in [0.25, 0.3) is 5.69 Å². The topological polar surface area (TPSA) is 111 Å². The number of pyridine rings is 1. The molecule has 0 aliphatic carbocycles. The van der Waals surface area contributed by atoms with Crippen LogP contribution in [-0.4, -0.2) is 56.1 Å². The number of carbonyl (C=O) groups excluding carboxylic acids is 2. The lowest BCUT2D eigenvalue weighted by molar-refractivity contribution is 0.0224. The van der Waals surface area contributed by atoms with Gasteiger partial charge in [0.15, 0.2) is 11.6 Å². The molecule has 2 aromatic heterocycles. The molecule has 1 aliphatic rings. The van der Waals surface area contributed by atoms with Crippen molar-refractivity contribution in [2.75, 3.05) is 13.7 Å². The molecule has 43 heavy (non-hydrogen) atoms. The van der Waals surface area contributed by atoms with Crippen LogP contribution in [0.15, 0.2) is 55.0 Å². The van der Waals surface area contributed by atoms with Gasteiger partial charge in [-0.25, -0.2) is 13.9 Å². The number of benzene rings is 2. The first-order chi connectivity index (χ1) is 20.5. The van der Waals surface area contributed by atoms with E-state index in [1.807, 2.05) is 20.8 Å². The summed E-state index contributed by atoms with van der Waals surface area (Å²) in [6.07, 6.45) is 5.87. The third-order valence-corrected chi connectivity index (χ3v) is 7.08. The summed E-state index contributed by atoms with van der Waals surface area (Å²) in [6, 6.07) is 11.2. The molecule has 1 N–H and O–H groups in total. The van der Waals surface area contributed by atoms with E-state index in [9.17, 15) is 9.59 Å². The lowest BCUT2D eigenvalue weighted by atomic mass is 9.95. The molecular formula is C32H35FN6O4. The molecule has 0 atom stereocenters. The van der Waals surface area contributed by atoms with E-state index >= 15 is 4.39 Å². The summed E-state index contributed by atoms with van der Waals surface area (Å²) in [6.45, 7) is 8.36. The number of ether oxygens (including phenoxy) is 2. The SMILES string of the molecule is COc1ccc(-n2cc(C)nn2)c(CNC(=O)c2cncc(Cc3ccc4c(c3)CN(C(=O)OC(C)(C)C)CC4)c2)c1F. The molecule has 0 saturated carbocycles. The second-order valence-electron chi connectivity index (χ2n) is 11.6. The first-order valence-electron chi connectivity index (χ1n) is 14.1. The van der Waals surface area contributed by atoms with Crippen molar-refractivity contribution in [2.45, 2.75) is 59.2 Å². The Bertz CT molecular complexity index is 1660. The number of carbonyl (C=O) groups is 2. The summed E-state index contributed by atoms with van der Waals surface area (Å²) in [5, 5.41) is 10.8. The number of rotatable bonds is 7. The fourth-order valence-electron chi connectivity index (χ4n) is 5.01. The van der Waals surface area contributed by atoms with Gasteiger partial charge in [0.2, 0.25) is 0 Å². The van der Waals surface area contributed by atoms with Crippen molar-refractivity contribution >= 4 is 12.0 Å². The molecule has 224 valence electrons. The van der Waals surface area contributed by atoms with Gasteiger partial charge in [0.25, 0.3) is 5.91 Å². The predicted octanol–water partition coefficient (Wildman–Crippen LogP) is 4.93. The Kier molecular flexibility index (Phi) is 8.43. The fraction of sp³-hybridized carbons (Fsp3) is 0.344. The number of nitrogens with zero attached hydrogens (tertiary/aromatic N) is 5. The molecular weight excluding hydrogens is 551 g/mol. The van der Waals surface area contributed by atoms with Gasteiger partial charge in [-0.05, 0) is 81.0 Å². The highest BCUT2D eigenvalue weighted by Crippen LogP contribution is 2.27. The van der Waals surface area contributed by atoms with Crippen molar-refractivity contribution in [3.05, 3.63) is 99.9 Å². The summed E-state index contributed by atoms with van der Waals surface area (Å²) >= 11 is 0. The molecule has 10 nitrogen and oxygen atoms in total. The van der Waals surface area contributed by atoms with E-state index in [0.29, 0.717) is 36.5 Å². The van der Waals surface area contributed by atoms with E-state index in [2.05, 4.69) is 38.8 Å². The Morgan fingerprint density at radius 3 is 2.60 bits per heavy atom. The van der Waals surface area contributed by atoms with E-state index in [4.69, 9.17) is 9.47 Å². The minimum Gasteiger partial charge on any atom is -0.494 e. The number of hydrogen-bond acceptors (Lipinski definition) is 7. The lowest BCUT2D eigenvalue weighted by Crippen LogP contribution is -2.39. The number of nitrogens with one attached hydrogen (secondary N) is 1. The van der Waals surface area contributed by atoms with Crippen molar-refractivity contribution in [3.63, 3.8) is 0 Å². The number of amides is 2. The van der Waals surface area contributed by atoms with Gasteiger partial charge in [-0.3, -0.25) is 9.78 Å². The monoisotopic (exact) mass is 586 g/mol. The molecule has 4 aromatic rings. The number of aryl methyl sites for hydroxylation is 1. The average Bonchev–Trinajstić information content (AvgIpc) is 3.41. The van der Waals surface area contributed by atoms with Gasteiger partial charge in [-0.2, -0.15) is 0 Å². The van der Waals surface area contributed by atoms with Crippen LogP contribution in [0.2, 0.25) is 0 Å². The molecule has 0 unspecified atom stereocenters. The van der Waals surface area contributed by atoms with Crippen LogP contribution in [0.1, 0.15) is 64.6 Å². The number of fused-ring (bicyclic) bond motifs is 1. The summed E-state index contributed by atoms with van der Waals surface area (Å²) in [4.78, 5) is 31.8. The van der Waals surface area contributed by atoms with Crippen molar-refractivity contribution in [3.8, 4) is 11.4 Å². The summed E-state index contributed by atoms with van der Waals surface area (Å²) < 4.78 is 27.4. The number of halogens is 1. The summed E-state index contributed by atoms with van der Waals surface area (Å²) in [7, 11) is 1.39. The third-order valence-electron chi connectivity index (χ3n) is 7.08. The van der Waals surface area contributed by atoms with Gasteiger partial charge in [0, 0.05) is 37.6 Å². The highest BCUT2D eigenvalue weighted by molar-refractivity contribution is 5.94. The minimum absolute atomic E-state index is 0.0627. The summed E-state index contributed by atoms with van der Waals surface area (Å²) in [5.41, 5.74) is 5.32. The van der Waals surface area contributed by atoms with Crippen LogP contribution in [0.4, 0.5) is 9.18 Å². The van der Waals surface area contributed by atoms with Crippen LogP contribution in [0, 0.1) is 12.7 Å². The van der Waals surface area contributed by atoms with E-state index in [0.717, 1.165) is 23.1 Å². The smallest absolute Gasteiger partial charge is 0.410 e. The molecule has 2 aromatic carbocycles. The van der Waals surface area contributed by atoms with Crippen molar-refractivity contribution in [1.29, 1.82) is 0 Å². The lowest BCUT2D eigenvalue weighted by Gasteiger charge is -2.31. The van der Waals surface area contributed by atoms with E-state index < -0.39 is 17.3 Å². The van der Waals surface area contributed by atoms with Gasteiger partial charge >= 0.3 is 6.09 Å². The largest absolute Gasteiger partial charge is 0.494 e. The zero-order chi connectivity index (χ0) is 30.7. The molecule has 0 spiro atoms. The van der Waals surface area contributed by atoms with Crippen molar-refractivity contribution < 1.29 is 23.5 Å². The molecule has 5 rings (SSSR count). The molecule has 0 fully saturated rings. The molecule has 0 saturated heterocycles. The second-order valence-corrected chi connectivity index (χ2v) is 11.6. The maximum atomic E-state index is 15.3. The maximum absolute atomic E-state index is 15.3. The zero-order valence-electron chi connectivity index (χ0n) is 25.0. The van der Waals surface area contributed by atoms with E-state index in [-0.39, 0.29) is 24.0 Å². The zero-order valence-corrected chi connectivity index (χ0v) is 25.0. The van der Waals surface area contributed by atoms with Crippen molar-refractivity contribution in [2.24, 2.45) is 0 Å². The Balaban J connectivity index is 1.28. The number of hydrogen-bond donors (Lipinski definition) is 1. The van der Waals surface area contributed by atoms with Gasteiger partial charge in [-0.1, -0.05) is 23.4 Å². The summed E-state index contributed by atoms with van der Waals surface area (Å²) in [5.74, 6) is -0.915. The van der Waals surface area contributed by atoms with Gasteiger partial charge in [-0.15, -0.1) is 5.10 Å². The Morgan fingerprint density at radius 1 is 1.07 bits per heavy atom. The quantitative estimate of drug-likeness (QED) is 0.327. The van der Waals surface area contributed by atoms with Crippen LogP contribution in [0.3, 0.4) is 0 Å². The second kappa shape index (κ2) is 12.2. The third kappa shape index (κ3) is 6.99. The molecule has 2 amide bonds. The van der Waals surface area contributed by atoms with Crippen LogP contribution >= 0.6 is 0 Å². The van der Waals surface area contributed by atoms with Crippen LogP contribution in [0.5, 0.6) is 5.75 Å². The predicted molar refractivity (Wildman–Crippen MR) is 158 cm³/mol. The Morgan fingerprint density at radius 2 is 1.88 bits per heavy atom. The normalized spacial score (nSPS) is 12.9. The maximum Gasteiger partial charge on any atom is 0.410 e. The molecule has 3 heterocycles. The molecule has 11 heteroatoms. The number of methoxy groups -OCH3 is 1. The highest BCUT2D eigenvalue weighted by atomic mass is 19.1. The first-order valence-corrected chi connectivity index (χ1v) is 14.1. The minimum atomic E-state index is -0.585. The van der Waals surface area contributed by atoms with Crippen LogP contribution in [-0.2, 0) is 30.7 Å². The van der Waals surface area contributed by atoms with E-state index in [1.165, 1.54) is 29.6 Å².